The molecule has 94 valence electrons. The van der Waals surface area contributed by atoms with Gasteiger partial charge in [0.05, 0.1) is 6.04 Å². The van der Waals surface area contributed by atoms with Gasteiger partial charge in [-0.2, -0.15) is 0 Å². The van der Waals surface area contributed by atoms with Crippen LogP contribution in [0.15, 0.2) is 30.3 Å². The molecule has 1 aromatic rings. The molecule has 1 aliphatic heterocycles. The highest BCUT2D eigenvalue weighted by atomic mass is 32.2. The van der Waals surface area contributed by atoms with Crippen molar-refractivity contribution in [2.75, 3.05) is 0 Å². The molecular weight excluding hydrogens is 242 g/mol. The van der Waals surface area contributed by atoms with Crippen LogP contribution in [0.1, 0.15) is 30.9 Å². The van der Waals surface area contributed by atoms with Crippen LogP contribution in [0.2, 0.25) is 0 Å². The first-order valence-electron chi connectivity index (χ1n) is 6.85. The summed E-state index contributed by atoms with van der Waals surface area (Å²) in [5, 5.41) is 3.96. The molecule has 18 heavy (non-hydrogen) atoms. The molecule has 2 aliphatic carbocycles. The van der Waals surface area contributed by atoms with Gasteiger partial charge < -0.3 is 5.32 Å². The van der Waals surface area contributed by atoms with Crippen LogP contribution >= 0.6 is 11.8 Å². The molecule has 4 rings (SSSR count). The van der Waals surface area contributed by atoms with Gasteiger partial charge in [-0.15, -0.1) is 0 Å². The summed E-state index contributed by atoms with van der Waals surface area (Å²) >= 11 is 1.57. The zero-order chi connectivity index (χ0) is 12.1. The summed E-state index contributed by atoms with van der Waals surface area (Å²) in [6.07, 6.45) is 4.06. The first-order valence-corrected chi connectivity index (χ1v) is 7.73. The molecule has 0 aromatic heterocycles. The molecule has 1 saturated heterocycles. The van der Waals surface area contributed by atoms with E-state index in [2.05, 4.69) is 29.6 Å². The van der Waals surface area contributed by atoms with E-state index in [4.69, 9.17) is 0 Å². The third-order valence-electron chi connectivity index (χ3n) is 4.96. The first-order chi connectivity index (χ1) is 8.83. The lowest BCUT2D eigenvalue weighted by molar-refractivity contribution is 0.227. The molecule has 2 bridgehead atoms. The van der Waals surface area contributed by atoms with E-state index in [1.807, 2.05) is 6.07 Å². The van der Waals surface area contributed by atoms with Crippen molar-refractivity contribution >= 4 is 17.0 Å². The highest BCUT2D eigenvalue weighted by Gasteiger charge is 2.54. The molecule has 0 spiro atoms. The molecule has 2 nitrogen and oxygen atoms in total. The number of carbonyl (C=O) groups is 1. The lowest BCUT2D eigenvalue weighted by atomic mass is 9.80. The Labute approximate surface area is 112 Å². The van der Waals surface area contributed by atoms with Crippen molar-refractivity contribution in [1.29, 1.82) is 0 Å². The maximum atomic E-state index is 11.9. The number of hydrogen-bond donors (Lipinski definition) is 1. The van der Waals surface area contributed by atoms with Crippen LogP contribution < -0.4 is 5.32 Å². The van der Waals surface area contributed by atoms with E-state index in [-0.39, 0.29) is 11.3 Å². The highest BCUT2D eigenvalue weighted by Crippen LogP contribution is 2.58. The van der Waals surface area contributed by atoms with Gasteiger partial charge in [-0.3, -0.25) is 4.79 Å². The number of carbonyl (C=O) groups excluding carboxylic acids is 1. The molecule has 5 atom stereocenters. The average Bonchev–Trinajstić information content (AvgIpc) is 3.00. The first kappa shape index (κ1) is 10.9. The average molecular weight is 259 g/mol. The topological polar surface area (TPSA) is 29.1 Å². The number of hydrogen-bond acceptors (Lipinski definition) is 2. The third kappa shape index (κ3) is 1.53. The van der Waals surface area contributed by atoms with E-state index in [0.29, 0.717) is 11.2 Å². The van der Waals surface area contributed by atoms with Gasteiger partial charge in [-0.05, 0) is 42.6 Å². The van der Waals surface area contributed by atoms with E-state index in [9.17, 15) is 4.79 Å². The molecule has 1 aromatic carbocycles. The smallest absolute Gasteiger partial charge is 0.279 e. The van der Waals surface area contributed by atoms with Crippen LogP contribution in [0.25, 0.3) is 0 Å². The maximum absolute atomic E-state index is 11.9. The van der Waals surface area contributed by atoms with Crippen molar-refractivity contribution in [2.24, 2.45) is 17.8 Å². The molecule has 2 saturated carbocycles. The minimum atomic E-state index is 0.178. The van der Waals surface area contributed by atoms with Gasteiger partial charge in [-0.1, -0.05) is 42.1 Å². The Bertz CT molecular complexity index is 475. The zero-order valence-corrected chi connectivity index (χ0v) is 11.0. The fourth-order valence-electron chi connectivity index (χ4n) is 4.27. The maximum Gasteiger partial charge on any atom is 0.279 e. The van der Waals surface area contributed by atoms with Gasteiger partial charge in [0.25, 0.3) is 5.24 Å². The molecule has 1 heterocycles. The van der Waals surface area contributed by atoms with Crippen molar-refractivity contribution < 1.29 is 4.79 Å². The molecule has 3 fully saturated rings. The monoisotopic (exact) mass is 259 g/mol. The Balaban J connectivity index is 1.71. The van der Waals surface area contributed by atoms with Gasteiger partial charge in [0, 0.05) is 5.25 Å². The largest absolute Gasteiger partial charge is 0.340 e. The number of benzene rings is 1. The molecule has 1 N–H and O–H groups in total. The van der Waals surface area contributed by atoms with Crippen LogP contribution in [0, 0.1) is 17.8 Å². The van der Waals surface area contributed by atoms with Crippen molar-refractivity contribution in [3.8, 4) is 0 Å². The van der Waals surface area contributed by atoms with Crippen molar-refractivity contribution in [3.05, 3.63) is 35.9 Å². The van der Waals surface area contributed by atoms with E-state index < -0.39 is 0 Å². The predicted molar refractivity (Wildman–Crippen MR) is 73.4 cm³/mol. The Hall–Kier alpha value is -0.960. The van der Waals surface area contributed by atoms with Crippen LogP contribution in [0.5, 0.6) is 0 Å². The summed E-state index contributed by atoms with van der Waals surface area (Å²) in [4.78, 5) is 11.9. The van der Waals surface area contributed by atoms with Gasteiger partial charge in [0.2, 0.25) is 0 Å². The van der Waals surface area contributed by atoms with E-state index in [0.717, 1.165) is 11.8 Å². The minimum Gasteiger partial charge on any atom is -0.340 e. The van der Waals surface area contributed by atoms with Gasteiger partial charge in [0.15, 0.2) is 0 Å². The van der Waals surface area contributed by atoms with Crippen LogP contribution in [-0.4, -0.2) is 10.5 Å². The summed E-state index contributed by atoms with van der Waals surface area (Å²) in [6.45, 7) is 0. The summed E-state index contributed by atoms with van der Waals surface area (Å²) in [5.74, 6) is 2.29. The lowest BCUT2D eigenvalue weighted by Gasteiger charge is -2.40. The second-order valence-corrected chi connectivity index (χ2v) is 6.96. The number of nitrogens with one attached hydrogen (secondary N) is 1. The molecule has 0 radical (unpaired) electrons. The standard InChI is InChI=1S/C15H17NOS/c17-15-16-13(9-4-2-1-3-5-9)12-10-6-7-11(8-10)14(12)18-15/h1-5,10-14H,6-8H2,(H,16,17)/t10-,11+,12-,13-,14-/m1/s1. The number of rotatable bonds is 1. The Morgan fingerprint density at radius 1 is 1.11 bits per heavy atom. The van der Waals surface area contributed by atoms with Gasteiger partial charge >= 0.3 is 0 Å². The number of amides is 1. The van der Waals surface area contributed by atoms with Crippen LogP contribution in [0.3, 0.4) is 0 Å². The summed E-state index contributed by atoms with van der Waals surface area (Å²) in [6, 6.07) is 10.8. The Morgan fingerprint density at radius 2 is 1.89 bits per heavy atom. The van der Waals surface area contributed by atoms with E-state index >= 15 is 0 Å². The van der Waals surface area contributed by atoms with Gasteiger partial charge in [0.1, 0.15) is 0 Å². The summed E-state index contributed by atoms with van der Waals surface area (Å²) in [5.41, 5.74) is 1.29. The van der Waals surface area contributed by atoms with Gasteiger partial charge in [-0.25, -0.2) is 0 Å². The van der Waals surface area contributed by atoms with Crippen molar-refractivity contribution in [3.63, 3.8) is 0 Å². The quantitative estimate of drug-likeness (QED) is 0.835. The fraction of sp³-hybridized carbons (Fsp3) is 0.533. The van der Waals surface area contributed by atoms with Crippen LogP contribution in [0.4, 0.5) is 4.79 Å². The summed E-state index contributed by atoms with van der Waals surface area (Å²) < 4.78 is 0. The number of thioether (sulfide) groups is 1. The Kier molecular flexibility index (Phi) is 2.44. The lowest BCUT2D eigenvalue weighted by Crippen LogP contribution is -2.44. The molecular formula is C15H17NOS. The van der Waals surface area contributed by atoms with Crippen molar-refractivity contribution in [1.82, 2.24) is 5.32 Å². The molecule has 0 unspecified atom stereocenters. The predicted octanol–water partition coefficient (Wildman–Crippen LogP) is 3.60. The SMILES string of the molecule is O=C1N[C@H](c2ccccc2)[C@H]2[C@@H]3CC[C@@H](C3)[C@H]2S1. The Morgan fingerprint density at radius 3 is 2.72 bits per heavy atom. The highest BCUT2D eigenvalue weighted by molar-refractivity contribution is 8.14. The van der Waals surface area contributed by atoms with E-state index in [1.165, 1.54) is 24.8 Å². The fourth-order valence-corrected chi connectivity index (χ4v) is 5.68. The minimum absolute atomic E-state index is 0.178. The second-order valence-electron chi connectivity index (χ2n) is 5.81. The normalized spacial score (nSPS) is 41.6. The molecule has 3 aliphatic rings. The molecule has 3 heteroatoms. The summed E-state index contributed by atoms with van der Waals surface area (Å²) in [7, 11) is 0. The van der Waals surface area contributed by atoms with Crippen molar-refractivity contribution in [2.45, 2.75) is 30.6 Å². The third-order valence-corrected chi connectivity index (χ3v) is 6.27. The second kappa shape index (κ2) is 4.02. The molecule has 1 amide bonds. The number of fused-ring (bicyclic) bond motifs is 5. The van der Waals surface area contributed by atoms with E-state index in [1.54, 1.807) is 11.8 Å². The van der Waals surface area contributed by atoms with Crippen LogP contribution in [-0.2, 0) is 0 Å². The zero-order valence-electron chi connectivity index (χ0n) is 10.2.